The van der Waals surface area contributed by atoms with E-state index in [1.165, 1.54) is 0 Å². The summed E-state index contributed by atoms with van der Waals surface area (Å²) in [4.78, 5) is 34.4. The SMILES string of the molecule is C[C@H]1C[C@@H]1C(=O)OCC(=O)NCC(=O)Nc1ccc(F)c(F)c1F. The van der Waals surface area contributed by atoms with Gasteiger partial charge < -0.3 is 15.4 Å². The molecule has 0 radical (unpaired) electrons. The molecule has 1 aliphatic carbocycles. The molecule has 1 aliphatic rings. The normalized spacial score (nSPS) is 18.7. The minimum absolute atomic E-state index is 0.183. The monoisotopic (exact) mass is 344 g/mol. The molecular weight excluding hydrogens is 329 g/mol. The Morgan fingerprint density at radius 1 is 1.17 bits per heavy atom. The largest absolute Gasteiger partial charge is 0.455 e. The van der Waals surface area contributed by atoms with Crippen molar-refractivity contribution in [3.63, 3.8) is 0 Å². The number of amides is 2. The van der Waals surface area contributed by atoms with E-state index in [4.69, 9.17) is 4.74 Å². The molecule has 24 heavy (non-hydrogen) atoms. The molecule has 2 amide bonds. The van der Waals surface area contributed by atoms with Crippen molar-refractivity contribution in [3.8, 4) is 0 Å². The number of hydrogen-bond acceptors (Lipinski definition) is 4. The second-order valence-electron chi connectivity index (χ2n) is 5.48. The predicted molar refractivity (Wildman–Crippen MR) is 76.2 cm³/mol. The molecule has 1 aromatic rings. The van der Waals surface area contributed by atoms with Crippen LogP contribution in [0.2, 0.25) is 0 Å². The van der Waals surface area contributed by atoms with Gasteiger partial charge in [0.2, 0.25) is 5.91 Å². The van der Waals surface area contributed by atoms with Crippen LogP contribution >= 0.6 is 0 Å². The van der Waals surface area contributed by atoms with Crippen molar-refractivity contribution >= 4 is 23.5 Å². The topological polar surface area (TPSA) is 84.5 Å². The molecule has 130 valence electrons. The molecule has 0 bridgehead atoms. The Balaban J connectivity index is 1.74. The van der Waals surface area contributed by atoms with E-state index in [2.05, 4.69) is 5.32 Å². The van der Waals surface area contributed by atoms with Gasteiger partial charge in [0.25, 0.3) is 5.91 Å². The maximum Gasteiger partial charge on any atom is 0.309 e. The highest BCUT2D eigenvalue weighted by atomic mass is 19.2. The summed E-state index contributed by atoms with van der Waals surface area (Å²) in [5.41, 5.74) is -0.553. The third-order valence-electron chi connectivity index (χ3n) is 3.51. The predicted octanol–water partition coefficient (Wildman–Crippen LogP) is 1.36. The second kappa shape index (κ2) is 7.33. The molecule has 2 atom stereocenters. The molecule has 1 aromatic carbocycles. The fourth-order valence-electron chi connectivity index (χ4n) is 1.94. The molecule has 9 heteroatoms. The van der Waals surface area contributed by atoms with Gasteiger partial charge in [-0.3, -0.25) is 14.4 Å². The number of ether oxygens (including phenoxy) is 1. The van der Waals surface area contributed by atoms with Crippen molar-refractivity contribution < 1.29 is 32.3 Å². The van der Waals surface area contributed by atoms with Gasteiger partial charge in [-0.1, -0.05) is 6.92 Å². The van der Waals surface area contributed by atoms with E-state index >= 15 is 0 Å². The van der Waals surface area contributed by atoms with Crippen LogP contribution in [0.4, 0.5) is 18.9 Å². The molecule has 0 unspecified atom stereocenters. The molecular formula is C15H15F3N2O4. The lowest BCUT2D eigenvalue weighted by atomic mass is 10.2. The van der Waals surface area contributed by atoms with Gasteiger partial charge in [-0.2, -0.15) is 0 Å². The number of carbonyl (C=O) groups excluding carboxylic acids is 3. The van der Waals surface area contributed by atoms with E-state index in [1.807, 2.05) is 12.2 Å². The zero-order valence-electron chi connectivity index (χ0n) is 12.7. The number of esters is 1. The molecule has 0 saturated heterocycles. The Kier molecular flexibility index (Phi) is 5.42. The standard InChI is InChI=1S/C15H15F3N2O4/c1-7-4-8(7)15(23)24-6-12(22)19-5-11(21)20-10-3-2-9(16)13(17)14(10)18/h2-3,7-8H,4-6H2,1H3,(H,19,22)(H,20,21)/t7-,8-/m0/s1. The van der Waals surface area contributed by atoms with Gasteiger partial charge in [-0.25, -0.2) is 13.2 Å². The second-order valence-corrected chi connectivity index (χ2v) is 5.48. The summed E-state index contributed by atoms with van der Waals surface area (Å²) in [6, 6.07) is 1.51. The molecule has 0 aromatic heterocycles. The van der Waals surface area contributed by atoms with Crippen molar-refractivity contribution in [1.29, 1.82) is 0 Å². The first-order chi connectivity index (χ1) is 11.3. The molecule has 0 aliphatic heterocycles. The number of anilines is 1. The molecule has 1 saturated carbocycles. The number of benzene rings is 1. The van der Waals surface area contributed by atoms with Crippen LogP contribution < -0.4 is 10.6 Å². The van der Waals surface area contributed by atoms with Gasteiger partial charge in [0.15, 0.2) is 24.1 Å². The Labute approximate surface area is 135 Å². The molecule has 0 heterocycles. The zero-order chi connectivity index (χ0) is 17.9. The van der Waals surface area contributed by atoms with Crippen LogP contribution in [0, 0.1) is 29.3 Å². The number of nitrogens with one attached hydrogen (secondary N) is 2. The summed E-state index contributed by atoms with van der Waals surface area (Å²) >= 11 is 0. The maximum absolute atomic E-state index is 13.4. The highest BCUT2D eigenvalue weighted by molar-refractivity contribution is 5.95. The van der Waals surface area contributed by atoms with Crippen molar-refractivity contribution in [2.75, 3.05) is 18.5 Å². The summed E-state index contributed by atoms with van der Waals surface area (Å²) in [7, 11) is 0. The average Bonchev–Trinajstić information content (AvgIpc) is 3.28. The zero-order valence-corrected chi connectivity index (χ0v) is 12.7. The van der Waals surface area contributed by atoms with Crippen LogP contribution in [0.5, 0.6) is 0 Å². The van der Waals surface area contributed by atoms with E-state index in [1.54, 1.807) is 0 Å². The average molecular weight is 344 g/mol. The number of rotatable bonds is 6. The van der Waals surface area contributed by atoms with Crippen molar-refractivity contribution in [1.82, 2.24) is 5.32 Å². The third-order valence-corrected chi connectivity index (χ3v) is 3.51. The maximum atomic E-state index is 13.4. The highest BCUT2D eigenvalue weighted by Gasteiger charge is 2.40. The first-order valence-electron chi connectivity index (χ1n) is 7.16. The van der Waals surface area contributed by atoms with Crippen molar-refractivity contribution in [2.45, 2.75) is 13.3 Å². The van der Waals surface area contributed by atoms with Crippen LogP contribution in [-0.2, 0) is 19.1 Å². The Hall–Kier alpha value is -2.58. The lowest BCUT2D eigenvalue weighted by molar-refractivity contribution is -0.150. The van der Waals surface area contributed by atoms with Crippen molar-refractivity contribution in [2.24, 2.45) is 11.8 Å². The minimum atomic E-state index is -1.71. The molecule has 2 rings (SSSR count). The number of hydrogen-bond donors (Lipinski definition) is 2. The van der Waals surface area contributed by atoms with E-state index in [0.717, 1.165) is 12.5 Å². The summed E-state index contributed by atoms with van der Waals surface area (Å²) in [5.74, 6) is -6.60. The van der Waals surface area contributed by atoms with Crippen LogP contribution in [0.25, 0.3) is 0 Å². The summed E-state index contributed by atoms with van der Waals surface area (Å²) in [6.07, 6.45) is 0.725. The van der Waals surface area contributed by atoms with E-state index in [0.29, 0.717) is 6.07 Å². The van der Waals surface area contributed by atoms with Gasteiger partial charge in [0.05, 0.1) is 18.2 Å². The van der Waals surface area contributed by atoms with Gasteiger partial charge in [-0.15, -0.1) is 0 Å². The fraction of sp³-hybridized carbons (Fsp3) is 0.400. The smallest absolute Gasteiger partial charge is 0.309 e. The van der Waals surface area contributed by atoms with Crippen LogP contribution in [-0.4, -0.2) is 30.9 Å². The van der Waals surface area contributed by atoms with E-state index in [9.17, 15) is 27.6 Å². The Bertz CT molecular complexity index is 681. The molecule has 0 spiro atoms. The van der Waals surface area contributed by atoms with Gasteiger partial charge in [0.1, 0.15) is 0 Å². The lowest BCUT2D eigenvalue weighted by Gasteiger charge is -2.09. The van der Waals surface area contributed by atoms with Gasteiger partial charge in [-0.05, 0) is 24.5 Å². The van der Waals surface area contributed by atoms with Gasteiger partial charge in [0, 0.05) is 0 Å². The first-order valence-corrected chi connectivity index (χ1v) is 7.16. The molecule has 6 nitrogen and oxygen atoms in total. The quantitative estimate of drug-likeness (QED) is 0.603. The summed E-state index contributed by atoms with van der Waals surface area (Å²) < 4.78 is 43.9. The van der Waals surface area contributed by atoms with Gasteiger partial charge >= 0.3 is 5.97 Å². The van der Waals surface area contributed by atoms with Crippen LogP contribution in [0.1, 0.15) is 13.3 Å². The number of carbonyl (C=O) groups is 3. The third kappa shape index (κ3) is 4.46. The van der Waals surface area contributed by atoms with Crippen LogP contribution in [0.3, 0.4) is 0 Å². The minimum Gasteiger partial charge on any atom is -0.455 e. The Morgan fingerprint density at radius 2 is 1.83 bits per heavy atom. The van der Waals surface area contributed by atoms with Crippen molar-refractivity contribution in [3.05, 3.63) is 29.6 Å². The van der Waals surface area contributed by atoms with Crippen LogP contribution in [0.15, 0.2) is 12.1 Å². The molecule has 2 N–H and O–H groups in total. The highest BCUT2D eigenvalue weighted by Crippen LogP contribution is 2.38. The lowest BCUT2D eigenvalue weighted by Crippen LogP contribution is -2.36. The molecule has 1 fully saturated rings. The summed E-state index contributed by atoms with van der Waals surface area (Å²) in [5, 5.41) is 4.15. The Morgan fingerprint density at radius 3 is 2.46 bits per heavy atom. The summed E-state index contributed by atoms with van der Waals surface area (Å²) in [6.45, 7) is 0.803. The van der Waals surface area contributed by atoms with E-state index < -0.39 is 54.1 Å². The fourth-order valence-corrected chi connectivity index (χ4v) is 1.94. The van der Waals surface area contributed by atoms with E-state index in [-0.39, 0.29) is 11.8 Å². The number of halogens is 3. The first kappa shape index (κ1) is 17.8.